The standard InChI is InChI=1S/C34H43ClN6O6S/c35-26-10-4-5-11-29(26)46-34(45)40-16-17-41(28(21-40)30(42)36-20-25-9-6-18-48-25)32(43)27(19-22-7-2-1-3-8-22)37-24-14-12-23(13-15-24)31-38-39-33(44)47-31/h4-6,9-11,18,22-24,27-28,37H,1-3,7-8,12-17,19-21H2,(H,36,42)(H,39,44)/t23?,24?,27-,28+/m1/s1. The molecule has 0 spiro atoms. The van der Waals surface area contributed by atoms with Crippen LogP contribution >= 0.6 is 22.9 Å². The van der Waals surface area contributed by atoms with E-state index in [1.54, 1.807) is 40.5 Å². The van der Waals surface area contributed by atoms with Crippen molar-refractivity contribution in [3.8, 4) is 11.8 Å². The van der Waals surface area contributed by atoms with Gasteiger partial charge in [0.1, 0.15) is 6.04 Å². The SMILES string of the molecule is O=C(NCc1cccs1)[C@@H]1CN(C(=O)Oc2ccccc2Cl)CCN1C(=O)[C@@H](CC1CCCCC1)NC1CCC(c2nnc(O)o2)CC1. The highest BCUT2D eigenvalue weighted by atomic mass is 35.5. The number of benzene rings is 1. The van der Waals surface area contributed by atoms with E-state index in [9.17, 15) is 19.5 Å². The van der Waals surface area contributed by atoms with Gasteiger partial charge in [0.05, 0.1) is 24.2 Å². The Morgan fingerprint density at radius 3 is 2.52 bits per heavy atom. The number of hydrogen-bond acceptors (Lipinski definition) is 10. The van der Waals surface area contributed by atoms with Crippen molar-refractivity contribution in [2.24, 2.45) is 5.92 Å². The highest BCUT2D eigenvalue weighted by molar-refractivity contribution is 7.09. The third-order valence-electron chi connectivity index (χ3n) is 9.81. The lowest BCUT2D eigenvalue weighted by molar-refractivity contribution is -0.145. The van der Waals surface area contributed by atoms with E-state index in [1.807, 2.05) is 17.5 Å². The van der Waals surface area contributed by atoms with E-state index in [0.717, 1.165) is 56.2 Å². The van der Waals surface area contributed by atoms with E-state index in [2.05, 4.69) is 20.8 Å². The summed E-state index contributed by atoms with van der Waals surface area (Å²) < 4.78 is 10.9. The molecular formula is C34H43ClN6O6S. The minimum absolute atomic E-state index is 0.00356. The lowest BCUT2D eigenvalue weighted by atomic mass is 9.82. The molecule has 3 heterocycles. The van der Waals surface area contributed by atoms with Crippen LogP contribution in [0.5, 0.6) is 11.8 Å². The summed E-state index contributed by atoms with van der Waals surface area (Å²) >= 11 is 7.78. The van der Waals surface area contributed by atoms with Crippen molar-refractivity contribution in [1.82, 2.24) is 30.6 Å². The first-order chi connectivity index (χ1) is 23.3. The van der Waals surface area contributed by atoms with Gasteiger partial charge in [0.25, 0.3) is 0 Å². The number of hydrogen-bond donors (Lipinski definition) is 3. The number of ether oxygens (including phenoxy) is 1. The molecule has 0 bridgehead atoms. The summed E-state index contributed by atoms with van der Waals surface area (Å²) in [4.78, 5) is 45.8. The van der Waals surface area contributed by atoms with Gasteiger partial charge >= 0.3 is 12.2 Å². The van der Waals surface area contributed by atoms with Crippen LogP contribution in [0.15, 0.2) is 46.2 Å². The topological polar surface area (TPSA) is 150 Å². The number of amides is 3. The maximum atomic E-state index is 14.6. The van der Waals surface area contributed by atoms with Crippen molar-refractivity contribution >= 4 is 40.8 Å². The van der Waals surface area contributed by atoms with Gasteiger partial charge in [-0.15, -0.1) is 16.4 Å². The molecular weight excluding hydrogens is 656 g/mol. The number of nitrogens with zero attached hydrogens (tertiary/aromatic N) is 4. The van der Waals surface area contributed by atoms with E-state index in [0.29, 0.717) is 29.8 Å². The predicted molar refractivity (Wildman–Crippen MR) is 180 cm³/mol. The number of thiophene rings is 1. The van der Waals surface area contributed by atoms with Gasteiger partial charge in [-0.05, 0) is 61.6 Å². The molecule has 3 N–H and O–H groups in total. The van der Waals surface area contributed by atoms with Gasteiger partial charge in [-0.3, -0.25) is 9.59 Å². The van der Waals surface area contributed by atoms with Crippen molar-refractivity contribution in [2.45, 2.75) is 94.8 Å². The molecule has 3 amide bonds. The van der Waals surface area contributed by atoms with Crippen LogP contribution in [-0.4, -0.2) is 80.8 Å². The van der Waals surface area contributed by atoms with Gasteiger partial charge in [-0.25, -0.2) is 4.79 Å². The van der Waals surface area contributed by atoms with Crippen molar-refractivity contribution in [3.63, 3.8) is 0 Å². The van der Waals surface area contributed by atoms with Crippen LogP contribution in [0.25, 0.3) is 0 Å². The molecule has 14 heteroatoms. The van der Waals surface area contributed by atoms with E-state index < -0.39 is 24.3 Å². The zero-order chi connectivity index (χ0) is 33.5. The van der Waals surface area contributed by atoms with Crippen LogP contribution in [0.2, 0.25) is 5.02 Å². The number of carbonyl (C=O) groups excluding carboxylic acids is 3. The minimum atomic E-state index is -0.887. The van der Waals surface area contributed by atoms with Gasteiger partial charge in [0, 0.05) is 29.9 Å². The molecule has 48 heavy (non-hydrogen) atoms. The summed E-state index contributed by atoms with van der Waals surface area (Å²) in [5.74, 6) is 0.758. The number of para-hydroxylation sites is 1. The Bertz CT molecular complexity index is 1520. The lowest BCUT2D eigenvalue weighted by Crippen LogP contribution is -2.64. The maximum Gasteiger partial charge on any atom is 0.415 e. The molecule has 3 fully saturated rings. The fourth-order valence-electron chi connectivity index (χ4n) is 7.21. The number of halogens is 1. The van der Waals surface area contributed by atoms with Crippen molar-refractivity contribution in [1.29, 1.82) is 0 Å². The normalized spacial score (nSPS) is 22.6. The molecule has 1 aromatic carbocycles. The van der Waals surface area contributed by atoms with Gasteiger partial charge in [0.15, 0.2) is 5.75 Å². The molecule has 0 radical (unpaired) electrons. The average Bonchev–Trinajstić information content (AvgIpc) is 3.80. The van der Waals surface area contributed by atoms with Crippen LogP contribution in [0.1, 0.15) is 80.9 Å². The molecule has 2 aliphatic carbocycles. The summed E-state index contributed by atoms with van der Waals surface area (Å²) in [6.07, 6.45) is 8.60. The van der Waals surface area contributed by atoms with Crippen molar-refractivity contribution in [3.05, 3.63) is 57.6 Å². The number of carbonyl (C=O) groups is 3. The summed E-state index contributed by atoms with van der Waals surface area (Å²) in [6.45, 7) is 0.763. The summed E-state index contributed by atoms with van der Waals surface area (Å²) in [5.41, 5.74) is 0. The first-order valence-electron chi connectivity index (χ1n) is 16.9. The van der Waals surface area contributed by atoms with Crippen LogP contribution in [0.3, 0.4) is 0 Å². The molecule has 2 saturated carbocycles. The smallest absolute Gasteiger partial charge is 0.415 e. The highest BCUT2D eigenvalue weighted by Crippen LogP contribution is 2.34. The van der Waals surface area contributed by atoms with Gasteiger partial charge < -0.3 is 34.7 Å². The Morgan fingerprint density at radius 2 is 1.81 bits per heavy atom. The van der Waals surface area contributed by atoms with E-state index in [1.165, 1.54) is 11.3 Å². The Morgan fingerprint density at radius 1 is 1.02 bits per heavy atom. The van der Waals surface area contributed by atoms with Gasteiger partial charge in [0.2, 0.25) is 17.7 Å². The first kappa shape index (κ1) is 34.2. The predicted octanol–water partition coefficient (Wildman–Crippen LogP) is 5.47. The van der Waals surface area contributed by atoms with Gasteiger partial charge in [-0.1, -0.05) is 67.0 Å². The number of piperazine rings is 1. The third kappa shape index (κ3) is 8.66. The van der Waals surface area contributed by atoms with Crippen LogP contribution in [-0.2, 0) is 16.1 Å². The molecule has 0 unspecified atom stereocenters. The summed E-state index contributed by atoms with van der Waals surface area (Å²) in [6, 6.07) is 9.37. The molecule has 1 aliphatic heterocycles. The zero-order valence-corrected chi connectivity index (χ0v) is 28.5. The fraction of sp³-hybridized carbons (Fsp3) is 0.559. The first-order valence-corrected chi connectivity index (χ1v) is 18.2. The molecule has 2 aromatic heterocycles. The molecule has 12 nitrogen and oxygen atoms in total. The number of aromatic hydroxyl groups is 1. The molecule has 6 rings (SSSR count). The molecule has 1 saturated heterocycles. The Hall–Kier alpha value is -3.68. The lowest BCUT2D eigenvalue weighted by Gasteiger charge is -2.42. The summed E-state index contributed by atoms with van der Waals surface area (Å²) in [7, 11) is 0. The highest BCUT2D eigenvalue weighted by Gasteiger charge is 2.41. The van der Waals surface area contributed by atoms with Gasteiger partial charge in [-0.2, -0.15) is 0 Å². The second-order valence-electron chi connectivity index (χ2n) is 13.0. The largest absolute Gasteiger partial charge is 0.465 e. The minimum Gasteiger partial charge on any atom is -0.465 e. The molecule has 3 aliphatic rings. The maximum absolute atomic E-state index is 14.6. The van der Waals surface area contributed by atoms with Crippen LogP contribution in [0, 0.1) is 5.92 Å². The second kappa shape index (κ2) is 16.1. The summed E-state index contributed by atoms with van der Waals surface area (Å²) in [5, 5.41) is 26.0. The second-order valence-corrected chi connectivity index (χ2v) is 14.5. The Kier molecular flexibility index (Phi) is 11.5. The fourth-order valence-corrected chi connectivity index (χ4v) is 8.03. The number of aromatic nitrogens is 2. The van der Waals surface area contributed by atoms with E-state index in [4.69, 9.17) is 20.8 Å². The molecule has 2 atom stereocenters. The molecule has 3 aromatic rings. The zero-order valence-electron chi connectivity index (χ0n) is 26.9. The number of nitrogens with one attached hydrogen (secondary N) is 2. The molecule has 258 valence electrons. The Balaban J connectivity index is 1.17. The quantitative estimate of drug-likeness (QED) is 0.250. The Labute approximate surface area is 289 Å². The van der Waals surface area contributed by atoms with Crippen LogP contribution < -0.4 is 15.4 Å². The van der Waals surface area contributed by atoms with Crippen molar-refractivity contribution < 1.29 is 28.6 Å². The van der Waals surface area contributed by atoms with E-state index >= 15 is 0 Å². The monoisotopic (exact) mass is 698 g/mol. The van der Waals surface area contributed by atoms with Crippen molar-refractivity contribution in [2.75, 3.05) is 19.6 Å². The third-order valence-corrected chi connectivity index (χ3v) is 11.0. The number of rotatable bonds is 10. The van der Waals surface area contributed by atoms with Crippen LogP contribution in [0.4, 0.5) is 4.79 Å². The average molecular weight is 699 g/mol. The van der Waals surface area contributed by atoms with E-state index in [-0.39, 0.29) is 49.2 Å².